The summed E-state index contributed by atoms with van der Waals surface area (Å²) < 4.78 is 7.26. The lowest BCUT2D eigenvalue weighted by atomic mass is 9.97. The number of nitrogens with zero attached hydrogens (tertiary/aromatic N) is 2. The molecule has 2 heterocycles. The highest BCUT2D eigenvalue weighted by atomic mass is 16.5. The van der Waals surface area contributed by atoms with E-state index in [1.54, 1.807) is 10.6 Å². The van der Waals surface area contributed by atoms with Gasteiger partial charge in [-0.05, 0) is 76.2 Å². The van der Waals surface area contributed by atoms with Gasteiger partial charge in [0.1, 0.15) is 5.56 Å². The quantitative estimate of drug-likeness (QED) is 0.670. The monoisotopic (exact) mass is 384 g/mol. The predicted molar refractivity (Wildman–Crippen MR) is 113 cm³/mol. The molecule has 0 bridgehead atoms. The van der Waals surface area contributed by atoms with E-state index < -0.39 is 5.97 Å². The minimum Gasteiger partial charge on any atom is -0.462 e. The number of benzene rings is 1. The Kier molecular flexibility index (Phi) is 6.89. The molecule has 1 aliphatic rings. The summed E-state index contributed by atoms with van der Waals surface area (Å²) in [4.78, 5) is 28.1. The summed E-state index contributed by atoms with van der Waals surface area (Å²) in [5.74, 6) is -0.117. The van der Waals surface area contributed by atoms with Crippen molar-refractivity contribution in [2.75, 3.05) is 26.2 Å². The number of hydrogen-bond donors (Lipinski definition) is 0. The second-order valence-corrected chi connectivity index (χ2v) is 8.12. The Bertz CT molecular complexity index is 864. The van der Waals surface area contributed by atoms with Crippen LogP contribution in [0.1, 0.15) is 62.9 Å². The Hall–Kier alpha value is -2.14. The molecule has 5 nitrogen and oxygen atoms in total. The first-order chi connectivity index (χ1) is 13.5. The number of esters is 1. The van der Waals surface area contributed by atoms with E-state index in [4.69, 9.17) is 4.74 Å². The molecule has 1 fully saturated rings. The fourth-order valence-electron chi connectivity index (χ4n) is 3.97. The van der Waals surface area contributed by atoms with Crippen LogP contribution in [0, 0.1) is 5.92 Å². The molecule has 1 aromatic carbocycles. The molecular weight excluding hydrogens is 352 g/mol. The number of rotatable bonds is 7. The number of aromatic nitrogens is 1. The van der Waals surface area contributed by atoms with Gasteiger partial charge in [-0.3, -0.25) is 4.79 Å². The average molecular weight is 385 g/mol. The molecule has 0 atom stereocenters. The van der Waals surface area contributed by atoms with E-state index in [9.17, 15) is 9.59 Å². The van der Waals surface area contributed by atoms with Crippen molar-refractivity contribution in [2.45, 2.75) is 52.5 Å². The van der Waals surface area contributed by atoms with Gasteiger partial charge >= 0.3 is 5.97 Å². The van der Waals surface area contributed by atoms with E-state index in [-0.39, 0.29) is 17.2 Å². The molecule has 0 radical (unpaired) electrons. The molecule has 2 aromatic rings. The molecule has 0 N–H and O–H groups in total. The SMILES string of the molecule is CCCCN1CCC(COC(=O)c2cc3ccccc3n(C(C)C)c2=O)CC1. The zero-order chi connectivity index (χ0) is 20.1. The van der Waals surface area contributed by atoms with Crippen molar-refractivity contribution < 1.29 is 9.53 Å². The maximum absolute atomic E-state index is 12.9. The van der Waals surface area contributed by atoms with Crippen molar-refractivity contribution in [3.8, 4) is 0 Å². The standard InChI is InChI=1S/C23H32N2O3/c1-4-5-12-24-13-10-18(11-14-24)16-28-23(27)20-15-19-8-6-7-9-21(19)25(17(2)3)22(20)26/h6-9,15,17-18H,4-5,10-14,16H2,1-3H3. The number of ether oxygens (including phenoxy) is 1. The number of carbonyl (C=O) groups excluding carboxylic acids is 1. The van der Waals surface area contributed by atoms with Gasteiger partial charge in [-0.1, -0.05) is 31.5 Å². The van der Waals surface area contributed by atoms with Gasteiger partial charge < -0.3 is 14.2 Å². The minimum atomic E-state index is -0.501. The van der Waals surface area contributed by atoms with Crippen molar-refractivity contribution in [1.29, 1.82) is 0 Å². The van der Waals surface area contributed by atoms with E-state index in [1.165, 1.54) is 12.8 Å². The Labute approximate surface area is 167 Å². The van der Waals surface area contributed by atoms with E-state index in [2.05, 4.69) is 11.8 Å². The van der Waals surface area contributed by atoms with Gasteiger partial charge in [0.25, 0.3) is 5.56 Å². The van der Waals surface area contributed by atoms with E-state index in [0.717, 1.165) is 43.4 Å². The number of likely N-dealkylation sites (tertiary alicyclic amines) is 1. The molecule has 1 aliphatic heterocycles. The van der Waals surface area contributed by atoms with Crippen LogP contribution in [-0.4, -0.2) is 41.7 Å². The molecule has 0 saturated carbocycles. The van der Waals surface area contributed by atoms with Gasteiger partial charge in [0.2, 0.25) is 0 Å². The Morgan fingerprint density at radius 2 is 1.93 bits per heavy atom. The third-order valence-electron chi connectivity index (χ3n) is 5.67. The van der Waals surface area contributed by atoms with Gasteiger partial charge in [-0.15, -0.1) is 0 Å². The molecule has 0 spiro atoms. The van der Waals surface area contributed by atoms with Gasteiger partial charge in [0.05, 0.1) is 12.1 Å². The fourth-order valence-corrected chi connectivity index (χ4v) is 3.97. The van der Waals surface area contributed by atoms with Gasteiger partial charge in [-0.2, -0.15) is 0 Å². The van der Waals surface area contributed by atoms with Gasteiger partial charge in [0.15, 0.2) is 0 Å². The topological polar surface area (TPSA) is 51.5 Å². The molecule has 0 unspecified atom stereocenters. The summed E-state index contributed by atoms with van der Waals surface area (Å²) in [6, 6.07) is 9.31. The van der Waals surface area contributed by atoms with Gasteiger partial charge in [-0.25, -0.2) is 4.79 Å². The molecular formula is C23H32N2O3. The third kappa shape index (κ3) is 4.64. The summed E-state index contributed by atoms with van der Waals surface area (Å²) in [6.07, 6.45) is 4.55. The Morgan fingerprint density at radius 3 is 2.61 bits per heavy atom. The highest BCUT2D eigenvalue weighted by molar-refractivity contribution is 5.93. The first-order valence-electron chi connectivity index (χ1n) is 10.5. The smallest absolute Gasteiger partial charge is 0.343 e. The summed E-state index contributed by atoms with van der Waals surface area (Å²) >= 11 is 0. The Balaban J connectivity index is 1.68. The zero-order valence-electron chi connectivity index (χ0n) is 17.3. The number of fused-ring (bicyclic) bond motifs is 1. The van der Waals surface area contributed by atoms with Crippen LogP contribution in [0.25, 0.3) is 10.9 Å². The van der Waals surface area contributed by atoms with Crippen molar-refractivity contribution in [2.24, 2.45) is 5.92 Å². The van der Waals surface area contributed by atoms with Crippen molar-refractivity contribution in [3.05, 3.63) is 46.2 Å². The van der Waals surface area contributed by atoms with E-state index in [0.29, 0.717) is 12.5 Å². The highest BCUT2D eigenvalue weighted by Gasteiger charge is 2.22. The summed E-state index contributed by atoms with van der Waals surface area (Å²) in [5, 5.41) is 0.881. The maximum atomic E-state index is 12.9. The molecule has 0 amide bonds. The predicted octanol–water partition coefficient (Wildman–Crippen LogP) is 4.25. The summed E-state index contributed by atoms with van der Waals surface area (Å²) in [7, 11) is 0. The second-order valence-electron chi connectivity index (χ2n) is 8.12. The first kappa shape index (κ1) is 20.6. The van der Waals surface area contributed by atoms with Gasteiger partial charge in [0, 0.05) is 6.04 Å². The molecule has 1 saturated heterocycles. The molecule has 1 aromatic heterocycles. The minimum absolute atomic E-state index is 0.0300. The van der Waals surface area contributed by atoms with Crippen LogP contribution in [-0.2, 0) is 4.74 Å². The lowest BCUT2D eigenvalue weighted by Gasteiger charge is -2.31. The number of hydrogen-bond acceptors (Lipinski definition) is 4. The first-order valence-corrected chi connectivity index (χ1v) is 10.5. The largest absolute Gasteiger partial charge is 0.462 e. The van der Waals surface area contributed by atoms with Crippen LogP contribution in [0.15, 0.2) is 35.1 Å². The third-order valence-corrected chi connectivity index (χ3v) is 5.67. The number of carbonyl (C=O) groups is 1. The molecule has 0 aliphatic carbocycles. The fraction of sp³-hybridized carbons (Fsp3) is 0.565. The van der Waals surface area contributed by atoms with E-state index >= 15 is 0 Å². The maximum Gasteiger partial charge on any atom is 0.343 e. The van der Waals surface area contributed by atoms with Crippen LogP contribution >= 0.6 is 0 Å². The van der Waals surface area contributed by atoms with Crippen LogP contribution in [0.3, 0.4) is 0 Å². The normalized spacial score (nSPS) is 16.0. The molecule has 152 valence electrons. The number of piperidine rings is 1. The average Bonchev–Trinajstić information content (AvgIpc) is 2.70. The number of unbranched alkanes of at least 4 members (excludes halogenated alkanes) is 1. The molecule has 3 rings (SSSR count). The van der Waals surface area contributed by atoms with Crippen LogP contribution in [0.2, 0.25) is 0 Å². The number of para-hydroxylation sites is 1. The zero-order valence-corrected chi connectivity index (χ0v) is 17.3. The molecule has 5 heteroatoms. The molecule has 28 heavy (non-hydrogen) atoms. The van der Waals surface area contributed by atoms with Crippen LogP contribution in [0.5, 0.6) is 0 Å². The van der Waals surface area contributed by atoms with Crippen molar-refractivity contribution >= 4 is 16.9 Å². The summed E-state index contributed by atoms with van der Waals surface area (Å²) in [6.45, 7) is 9.82. The lowest BCUT2D eigenvalue weighted by Crippen LogP contribution is -2.36. The number of pyridine rings is 1. The summed E-state index contributed by atoms with van der Waals surface area (Å²) in [5.41, 5.74) is 0.708. The lowest BCUT2D eigenvalue weighted by molar-refractivity contribution is 0.0369. The second kappa shape index (κ2) is 9.37. The Morgan fingerprint density at radius 1 is 1.21 bits per heavy atom. The highest BCUT2D eigenvalue weighted by Crippen LogP contribution is 2.20. The van der Waals surface area contributed by atoms with Crippen molar-refractivity contribution in [3.63, 3.8) is 0 Å². The van der Waals surface area contributed by atoms with E-state index in [1.807, 2.05) is 38.1 Å². The van der Waals surface area contributed by atoms with Crippen molar-refractivity contribution in [1.82, 2.24) is 9.47 Å². The van der Waals surface area contributed by atoms with Crippen LogP contribution < -0.4 is 5.56 Å². The van der Waals surface area contributed by atoms with Crippen LogP contribution in [0.4, 0.5) is 0 Å².